The second-order valence-corrected chi connectivity index (χ2v) is 7.84. The zero-order chi connectivity index (χ0) is 16.3. The number of nitrogens with one attached hydrogen (secondary N) is 1. The Morgan fingerprint density at radius 3 is 2.43 bits per heavy atom. The number of halogens is 1. The van der Waals surface area contributed by atoms with E-state index in [2.05, 4.69) is 22.4 Å². The molecule has 4 nitrogen and oxygen atoms in total. The Morgan fingerprint density at radius 1 is 1.30 bits per heavy atom. The fourth-order valence-electron chi connectivity index (χ4n) is 1.80. The molecule has 23 heavy (non-hydrogen) atoms. The number of rotatable bonds is 4. The standard InChI is InChI=1S/C16H21N3OS2.ClH/c1-16(2,3)13(17)14(20)19-15-18-12(9-22-15)10-5-7-11(21-4)8-6-10;/h5-9,13H,17H2,1-4H3,(H,18,19,20);1H/t13-;/m1./s1. The monoisotopic (exact) mass is 371 g/mol. The number of hydrogen-bond donors (Lipinski definition) is 2. The van der Waals surface area contributed by atoms with Crippen LogP contribution in [0.25, 0.3) is 11.3 Å². The molecular weight excluding hydrogens is 350 g/mol. The fraction of sp³-hybridized carbons (Fsp3) is 0.375. The molecule has 0 saturated carbocycles. The number of amides is 1. The number of hydrogen-bond acceptors (Lipinski definition) is 5. The van der Waals surface area contributed by atoms with Crippen LogP contribution in [0.15, 0.2) is 34.5 Å². The molecule has 0 aliphatic rings. The number of nitrogens with zero attached hydrogens (tertiary/aromatic N) is 1. The molecule has 3 N–H and O–H groups in total. The third-order valence-corrected chi connectivity index (χ3v) is 4.84. The molecule has 7 heteroatoms. The highest BCUT2D eigenvalue weighted by Crippen LogP contribution is 2.27. The van der Waals surface area contributed by atoms with E-state index >= 15 is 0 Å². The van der Waals surface area contributed by atoms with E-state index < -0.39 is 6.04 Å². The topological polar surface area (TPSA) is 68.0 Å². The third-order valence-electron chi connectivity index (χ3n) is 3.34. The van der Waals surface area contributed by atoms with Crippen LogP contribution in [-0.2, 0) is 4.79 Å². The minimum Gasteiger partial charge on any atom is -0.319 e. The molecule has 1 atom stereocenters. The molecule has 0 spiro atoms. The third kappa shape index (κ3) is 5.21. The van der Waals surface area contributed by atoms with Crippen molar-refractivity contribution in [3.05, 3.63) is 29.6 Å². The van der Waals surface area contributed by atoms with Gasteiger partial charge in [-0.15, -0.1) is 35.5 Å². The Labute approximate surface area is 151 Å². The molecule has 0 aliphatic carbocycles. The zero-order valence-corrected chi connectivity index (χ0v) is 16.1. The lowest BCUT2D eigenvalue weighted by atomic mass is 9.87. The Bertz CT molecular complexity index is 650. The molecule has 1 aromatic heterocycles. The first kappa shape index (κ1) is 20.0. The van der Waals surface area contributed by atoms with Gasteiger partial charge in [-0.2, -0.15) is 0 Å². The number of aromatic nitrogens is 1. The molecule has 0 saturated heterocycles. The van der Waals surface area contributed by atoms with Crippen molar-refractivity contribution in [3.8, 4) is 11.3 Å². The normalized spacial score (nSPS) is 12.4. The van der Waals surface area contributed by atoms with Crippen molar-refractivity contribution in [2.24, 2.45) is 11.1 Å². The number of carbonyl (C=O) groups excluding carboxylic acids is 1. The Hall–Kier alpha value is -1.08. The average Bonchev–Trinajstić information content (AvgIpc) is 2.94. The lowest BCUT2D eigenvalue weighted by molar-refractivity contribution is -0.119. The van der Waals surface area contributed by atoms with Gasteiger partial charge in [0.2, 0.25) is 5.91 Å². The van der Waals surface area contributed by atoms with Crippen molar-refractivity contribution < 1.29 is 4.79 Å². The highest BCUT2D eigenvalue weighted by Gasteiger charge is 2.27. The highest BCUT2D eigenvalue weighted by molar-refractivity contribution is 7.98. The molecule has 0 radical (unpaired) electrons. The van der Waals surface area contributed by atoms with Gasteiger partial charge in [0.25, 0.3) is 0 Å². The van der Waals surface area contributed by atoms with Gasteiger partial charge in [0.1, 0.15) is 0 Å². The van der Waals surface area contributed by atoms with Crippen LogP contribution in [0.2, 0.25) is 0 Å². The van der Waals surface area contributed by atoms with Crippen molar-refractivity contribution in [2.45, 2.75) is 31.7 Å². The van der Waals surface area contributed by atoms with E-state index in [9.17, 15) is 4.79 Å². The predicted octanol–water partition coefficient (Wildman–Crippen LogP) is 4.27. The first-order chi connectivity index (χ1) is 10.3. The molecule has 126 valence electrons. The predicted molar refractivity (Wildman–Crippen MR) is 103 cm³/mol. The van der Waals surface area contributed by atoms with E-state index in [1.165, 1.54) is 16.2 Å². The second-order valence-electron chi connectivity index (χ2n) is 6.10. The summed E-state index contributed by atoms with van der Waals surface area (Å²) < 4.78 is 0. The van der Waals surface area contributed by atoms with E-state index in [1.807, 2.05) is 44.5 Å². The number of benzene rings is 1. The molecule has 1 heterocycles. The van der Waals surface area contributed by atoms with E-state index in [1.54, 1.807) is 11.8 Å². The molecule has 1 aromatic carbocycles. The van der Waals surface area contributed by atoms with Gasteiger partial charge in [0, 0.05) is 15.8 Å². The van der Waals surface area contributed by atoms with Crippen LogP contribution in [0, 0.1) is 5.41 Å². The number of carbonyl (C=O) groups is 1. The van der Waals surface area contributed by atoms with Gasteiger partial charge in [-0.1, -0.05) is 32.9 Å². The van der Waals surface area contributed by atoms with Gasteiger partial charge in [-0.3, -0.25) is 4.79 Å². The first-order valence-corrected chi connectivity index (χ1v) is 9.08. The van der Waals surface area contributed by atoms with Crippen LogP contribution in [0.1, 0.15) is 20.8 Å². The van der Waals surface area contributed by atoms with E-state index in [4.69, 9.17) is 5.73 Å². The van der Waals surface area contributed by atoms with Crippen molar-refractivity contribution in [2.75, 3.05) is 11.6 Å². The van der Waals surface area contributed by atoms with Gasteiger partial charge >= 0.3 is 0 Å². The van der Waals surface area contributed by atoms with Crippen LogP contribution >= 0.6 is 35.5 Å². The molecule has 1 amide bonds. The summed E-state index contributed by atoms with van der Waals surface area (Å²) in [4.78, 5) is 17.8. The van der Waals surface area contributed by atoms with E-state index in [0.717, 1.165) is 11.3 Å². The van der Waals surface area contributed by atoms with Crippen LogP contribution in [0.4, 0.5) is 5.13 Å². The van der Waals surface area contributed by atoms with Gasteiger partial charge in [-0.25, -0.2) is 4.98 Å². The number of anilines is 1. The van der Waals surface area contributed by atoms with E-state index in [0.29, 0.717) is 5.13 Å². The summed E-state index contributed by atoms with van der Waals surface area (Å²) in [6.45, 7) is 5.83. The molecular formula is C16H22ClN3OS2. The summed E-state index contributed by atoms with van der Waals surface area (Å²) in [5.41, 5.74) is 7.57. The van der Waals surface area contributed by atoms with Gasteiger partial charge in [0.05, 0.1) is 11.7 Å². The van der Waals surface area contributed by atoms with Crippen LogP contribution < -0.4 is 11.1 Å². The number of thiazole rings is 1. The number of nitrogens with two attached hydrogens (primary N) is 1. The van der Waals surface area contributed by atoms with Gasteiger partial charge in [0.15, 0.2) is 5.13 Å². The summed E-state index contributed by atoms with van der Waals surface area (Å²) in [5.74, 6) is -0.203. The minimum absolute atomic E-state index is 0. The van der Waals surface area contributed by atoms with Crippen molar-refractivity contribution in [1.29, 1.82) is 0 Å². The minimum atomic E-state index is -0.569. The van der Waals surface area contributed by atoms with Crippen LogP contribution in [0.3, 0.4) is 0 Å². The van der Waals surface area contributed by atoms with E-state index in [-0.39, 0.29) is 23.7 Å². The number of thioether (sulfide) groups is 1. The van der Waals surface area contributed by atoms with Gasteiger partial charge < -0.3 is 11.1 Å². The first-order valence-electron chi connectivity index (χ1n) is 6.97. The summed E-state index contributed by atoms with van der Waals surface area (Å²) >= 11 is 3.11. The fourth-order valence-corrected chi connectivity index (χ4v) is 2.93. The summed E-state index contributed by atoms with van der Waals surface area (Å²) in [6.07, 6.45) is 2.05. The summed E-state index contributed by atoms with van der Waals surface area (Å²) in [6, 6.07) is 7.63. The van der Waals surface area contributed by atoms with Crippen LogP contribution in [-0.4, -0.2) is 23.2 Å². The van der Waals surface area contributed by atoms with Crippen molar-refractivity contribution in [3.63, 3.8) is 0 Å². The van der Waals surface area contributed by atoms with Crippen LogP contribution in [0.5, 0.6) is 0 Å². The highest BCUT2D eigenvalue weighted by atomic mass is 35.5. The summed E-state index contributed by atoms with van der Waals surface area (Å²) in [5, 5.41) is 5.31. The molecule has 2 rings (SSSR count). The Morgan fingerprint density at radius 2 is 1.91 bits per heavy atom. The maximum absolute atomic E-state index is 12.1. The molecule has 2 aromatic rings. The largest absolute Gasteiger partial charge is 0.319 e. The lowest BCUT2D eigenvalue weighted by Crippen LogP contribution is -2.45. The SMILES string of the molecule is CSc1ccc(-c2csc(NC(=O)[C@@H](N)C(C)(C)C)n2)cc1.Cl. The summed E-state index contributed by atoms with van der Waals surface area (Å²) in [7, 11) is 0. The average molecular weight is 372 g/mol. The van der Waals surface area contributed by atoms with Crippen molar-refractivity contribution in [1.82, 2.24) is 4.98 Å². The van der Waals surface area contributed by atoms with Crippen molar-refractivity contribution >= 4 is 46.5 Å². The lowest BCUT2D eigenvalue weighted by Gasteiger charge is -2.25. The quantitative estimate of drug-likeness (QED) is 0.787. The maximum Gasteiger partial charge on any atom is 0.243 e. The molecule has 0 unspecified atom stereocenters. The maximum atomic E-state index is 12.1. The Balaban J connectivity index is 0.00000264. The van der Waals surface area contributed by atoms with Gasteiger partial charge in [-0.05, 0) is 23.8 Å². The molecule has 0 fully saturated rings. The molecule has 0 aliphatic heterocycles. The molecule has 0 bridgehead atoms. The zero-order valence-electron chi connectivity index (χ0n) is 13.6. The second kappa shape index (κ2) is 8.15. The smallest absolute Gasteiger partial charge is 0.243 e. The Kier molecular flexibility index (Phi) is 7.07.